The minimum Gasteiger partial charge on any atom is -0.348 e. The van der Waals surface area contributed by atoms with Gasteiger partial charge in [-0.2, -0.15) is 5.10 Å². The van der Waals surface area contributed by atoms with Gasteiger partial charge >= 0.3 is 0 Å². The first-order valence-electron chi connectivity index (χ1n) is 8.77. The molecule has 1 heterocycles. The van der Waals surface area contributed by atoms with E-state index < -0.39 is 0 Å². The second-order valence-electron chi connectivity index (χ2n) is 6.78. The molecule has 23 heavy (non-hydrogen) atoms. The third-order valence-corrected chi connectivity index (χ3v) is 4.90. The van der Waals surface area contributed by atoms with Crippen molar-refractivity contribution in [1.29, 1.82) is 0 Å². The van der Waals surface area contributed by atoms with Gasteiger partial charge < -0.3 is 5.32 Å². The van der Waals surface area contributed by atoms with Gasteiger partial charge in [0.15, 0.2) is 0 Å². The van der Waals surface area contributed by atoms with Crippen LogP contribution < -0.4 is 5.32 Å². The Bertz CT molecular complexity index is 682. The summed E-state index contributed by atoms with van der Waals surface area (Å²) in [6.45, 7) is 0. The number of benzene rings is 1. The van der Waals surface area contributed by atoms with E-state index in [4.69, 9.17) is 5.10 Å². The Morgan fingerprint density at radius 2 is 1.78 bits per heavy atom. The molecule has 2 saturated carbocycles. The van der Waals surface area contributed by atoms with Gasteiger partial charge in [-0.25, -0.2) is 4.68 Å². The summed E-state index contributed by atoms with van der Waals surface area (Å²) in [5, 5.41) is 7.93. The fraction of sp³-hybridized carbons (Fsp3) is 0.474. The highest BCUT2D eigenvalue weighted by molar-refractivity contribution is 5.93. The molecule has 1 amide bonds. The van der Waals surface area contributed by atoms with Crippen LogP contribution in [0.4, 0.5) is 0 Å². The standard InChI is InChI=1S/C19H23N3O/c23-19(20-15-7-3-1-4-8-15)18-13-17(14-11-12-14)21-22(18)16-9-5-2-6-10-16/h2,5-6,9-10,13-15H,1,3-4,7-8,11-12H2,(H,20,23). The predicted octanol–water partition coefficient (Wildman–Crippen LogP) is 3.81. The van der Waals surface area contributed by atoms with Gasteiger partial charge in [0.2, 0.25) is 0 Å². The molecule has 0 radical (unpaired) electrons. The van der Waals surface area contributed by atoms with Gasteiger partial charge in [-0.15, -0.1) is 0 Å². The van der Waals surface area contributed by atoms with Crippen molar-refractivity contribution < 1.29 is 4.79 Å². The summed E-state index contributed by atoms with van der Waals surface area (Å²) >= 11 is 0. The fourth-order valence-corrected chi connectivity index (χ4v) is 3.41. The zero-order chi connectivity index (χ0) is 15.6. The lowest BCUT2D eigenvalue weighted by molar-refractivity contribution is 0.0920. The number of para-hydroxylation sites is 1. The molecule has 0 spiro atoms. The van der Waals surface area contributed by atoms with Gasteiger partial charge in [-0.3, -0.25) is 4.79 Å². The van der Waals surface area contributed by atoms with E-state index in [0.717, 1.165) is 24.2 Å². The van der Waals surface area contributed by atoms with E-state index in [-0.39, 0.29) is 5.91 Å². The summed E-state index contributed by atoms with van der Waals surface area (Å²) < 4.78 is 1.81. The van der Waals surface area contributed by atoms with Crippen LogP contribution in [-0.4, -0.2) is 21.7 Å². The predicted molar refractivity (Wildman–Crippen MR) is 89.9 cm³/mol. The summed E-state index contributed by atoms with van der Waals surface area (Å²) in [6.07, 6.45) is 8.30. The Hall–Kier alpha value is -2.10. The number of nitrogens with zero attached hydrogens (tertiary/aromatic N) is 2. The minimum absolute atomic E-state index is 0.0140. The third-order valence-electron chi connectivity index (χ3n) is 4.90. The fourth-order valence-electron chi connectivity index (χ4n) is 3.41. The Labute approximate surface area is 136 Å². The maximum absolute atomic E-state index is 12.8. The molecule has 2 aliphatic carbocycles. The molecule has 2 fully saturated rings. The number of amides is 1. The molecule has 0 bridgehead atoms. The minimum atomic E-state index is 0.0140. The molecule has 2 aliphatic rings. The van der Waals surface area contributed by atoms with Crippen molar-refractivity contribution in [3.63, 3.8) is 0 Å². The first kappa shape index (κ1) is 14.5. The average Bonchev–Trinajstić information content (AvgIpc) is 3.35. The van der Waals surface area contributed by atoms with Gasteiger partial charge in [-0.05, 0) is 43.9 Å². The summed E-state index contributed by atoms with van der Waals surface area (Å²) in [6, 6.07) is 12.3. The number of rotatable bonds is 4. The molecule has 4 heteroatoms. The molecule has 120 valence electrons. The van der Waals surface area contributed by atoms with Gasteiger partial charge in [0.1, 0.15) is 5.69 Å². The molecule has 1 N–H and O–H groups in total. The Morgan fingerprint density at radius 1 is 1.04 bits per heavy atom. The first-order valence-corrected chi connectivity index (χ1v) is 8.77. The highest BCUT2D eigenvalue weighted by Gasteiger charge is 2.29. The van der Waals surface area contributed by atoms with Crippen LogP contribution in [0, 0.1) is 0 Å². The molecule has 4 rings (SSSR count). The lowest BCUT2D eigenvalue weighted by Gasteiger charge is -2.22. The third kappa shape index (κ3) is 3.16. The molecule has 0 atom stereocenters. The van der Waals surface area contributed by atoms with Crippen molar-refractivity contribution in [2.75, 3.05) is 0 Å². The zero-order valence-electron chi connectivity index (χ0n) is 13.4. The average molecular weight is 309 g/mol. The quantitative estimate of drug-likeness (QED) is 0.933. The molecular formula is C19H23N3O. The smallest absolute Gasteiger partial charge is 0.270 e. The molecule has 4 nitrogen and oxygen atoms in total. The molecule has 1 aromatic carbocycles. The summed E-state index contributed by atoms with van der Waals surface area (Å²) in [7, 11) is 0. The second-order valence-corrected chi connectivity index (χ2v) is 6.78. The van der Waals surface area contributed by atoms with Crippen LogP contribution in [0.2, 0.25) is 0 Å². The van der Waals surface area contributed by atoms with E-state index >= 15 is 0 Å². The van der Waals surface area contributed by atoms with Crippen molar-refractivity contribution in [2.45, 2.75) is 56.9 Å². The highest BCUT2D eigenvalue weighted by atomic mass is 16.2. The van der Waals surface area contributed by atoms with Crippen molar-refractivity contribution in [3.8, 4) is 5.69 Å². The molecule has 0 unspecified atom stereocenters. The molecule has 0 saturated heterocycles. The van der Waals surface area contributed by atoms with E-state index in [1.165, 1.54) is 32.1 Å². The van der Waals surface area contributed by atoms with Gasteiger partial charge in [-0.1, -0.05) is 37.5 Å². The van der Waals surface area contributed by atoms with E-state index in [1.807, 2.05) is 41.1 Å². The van der Waals surface area contributed by atoms with Gasteiger partial charge in [0, 0.05) is 12.0 Å². The second kappa shape index (κ2) is 6.19. The summed E-state index contributed by atoms with van der Waals surface area (Å²) in [5.41, 5.74) is 2.68. The van der Waals surface area contributed by atoms with E-state index in [9.17, 15) is 4.79 Å². The summed E-state index contributed by atoms with van der Waals surface area (Å²) in [5.74, 6) is 0.557. The maximum Gasteiger partial charge on any atom is 0.270 e. The number of nitrogens with one attached hydrogen (secondary N) is 1. The van der Waals surface area contributed by atoms with E-state index in [2.05, 4.69) is 5.32 Å². The Morgan fingerprint density at radius 3 is 2.48 bits per heavy atom. The maximum atomic E-state index is 12.8. The number of carbonyl (C=O) groups is 1. The molecular weight excluding hydrogens is 286 g/mol. The number of hydrogen-bond donors (Lipinski definition) is 1. The first-order chi connectivity index (χ1) is 11.3. The summed E-state index contributed by atoms with van der Waals surface area (Å²) in [4.78, 5) is 12.8. The van der Waals surface area contributed by atoms with Crippen LogP contribution in [-0.2, 0) is 0 Å². The number of aromatic nitrogens is 2. The molecule has 1 aromatic heterocycles. The zero-order valence-corrected chi connectivity index (χ0v) is 13.4. The number of hydrogen-bond acceptors (Lipinski definition) is 2. The van der Waals surface area contributed by atoms with Crippen molar-refractivity contribution in [2.24, 2.45) is 0 Å². The SMILES string of the molecule is O=C(NC1CCCCC1)c1cc(C2CC2)nn1-c1ccccc1. The molecule has 0 aliphatic heterocycles. The van der Waals surface area contributed by atoms with Gasteiger partial charge in [0.05, 0.1) is 11.4 Å². The Balaban J connectivity index is 1.62. The molecule has 2 aromatic rings. The van der Waals surface area contributed by atoms with Crippen molar-refractivity contribution >= 4 is 5.91 Å². The van der Waals surface area contributed by atoms with Gasteiger partial charge in [0.25, 0.3) is 5.91 Å². The van der Waals surface area contributed by atoms with Crippen molar-refractivity contribution in [3.05, 3.63) is 47.8 Å². The lowest BCUT2D eigenvalue weighted by Crippen LogP contribution is -2.37. The lowest BCUT2D eigenvalue weighted by atomic mass is 9.95. The Kier molecular flexibility index (Phi) is 3.90. The van der Waals surface area contributed by atoms with Crippen LogP contribution in [0.3, 0.4) is 0 Å². The van der Waals surface area contributed by atoms with Crippen LogP contribution in [0.25, 0.3) is 5.69 Å². The van der Waals surface area contributed by atoms with Crippen LogP contribution in [0.5, 0.6) is 0 Å². The van der Waals surface area contributed by atoms with Crippen LogP contribution in [0.1, 0.15) is 67.0 Å². The monoisotopic (exact) mass is 309 g/mol. The van der Waals surface area contributed by atoms with Crippen LogP contribution >= 0.6 is 0 Å². The number of carbonyl (C=O) groups excluding carboxylic acids is 1. The van der Waals surface area contributed by atoms with Crippen molar-refractivity contribution in [1.82, 2.24) is 15.1 Å². The normalized spacial score (nSPS) is 18.8. The van der Waals surface area contributed by atoms with E-state index in [1.54, 1.807) is 0 Å². The topological polar surface area (TPSA) is 46.9 Å². The largest absolute Gasteiger partial charge is 0.348 e. The van der Waals surface area contributed by atoms with Crippen LogP contribution in [0.15, 0.2) is 36.4 Å². The highest BCUT2D eigenvalue weighted by Crippen LogP contribution is 2.39. The van der Waals surface area contributed by atoms with E-state index in [0.29, 0.717) is 17.7 Å².